The summed E-state index contributed by atoms with van der Waals surface area (Å²) in [6, 6.07) is 8.69. The fourth-order valence-electron chi connectivity index (χ4n) is 1.44. The highest BCUT2D eigenvalue weighted by Crippen LogP contribution is 2.25. The molecule has 16 heavy (non-hydrogen) atoms. The van der Waals surface area contributed by atoms with Gasteiger partial charge in [-0.15, -0.1) is 11.3 Å². The lowest BCUT2D eigenvalue weighted by Crippen LogP contribution is -2.03. The van der Waals surface area contributed by atoms with Crippen LogP contribution in [-0.2, 0) is 0 Å². The van der Waals surface area contributed by atoms with Gasteiger partial charge in [0.05, 0.1) is 17.6 Å². The number of rotatable bonds is 3. The Kier molecular flexibility index (Phi) is 2.92. The molecule has 1 aromatic heterocycles. The lowest BCUT2D eigenvalue weighted by Gasteiger charge is -2.07. The molecule has 0 aliphatic rings. The van der Waals surface area contributed by atoms with E-state index in [-0.39, 0.29) is 5.78 Å². The molecule has 4 heteroatoms. The summed E-state index contributed by atoms with van der Waals surface area (Å²) in [6.45, 7) is 0. The topological polar surface area (TPSA) is 52.3 Å². The van der Waals surface area contributed by atoms with E-state index in [0.29, 0.717) is 21.9 Å². The van der Waals surface area contributed by atoms with Gasteiger partial charge >= 0.3 is 0 Å². The van der Waals surface area contributed by atoms with Gasteiger partial charge in [-0.25, -0.2) is 0 Å². The number of hydrogen-bond acceptors (Lipinski definition) is 4. The molecule has 0 bridgehead atoms. The predicted molar refractivity (Wildman–Crippen MR) is 65.2 cm³/mol. The fraction of sp³-hybridized carbons (Fsp3) is 0.0833. The highest BCUT2D eigenvalue weighted by Gasteiger charge is 2.15. The average molecular weight is 233 g/mol. The average Bonchev–Trinajstić information content (AvgIpc) is 2.81. The van der Waals surface area contributed by atoms with Gasteiger partial charge in [0.1, 0.15) is 5.75 Å². The van der Waals surface area contributed by atoms with Crippen molar-refractivity contribution in [2.24, 2.45) is 0 Å². The zero-order valence-electron chi connectivity index (χ0n) is 8.77. The molecule has 1 heterocycles. The molecule has 82 valence electrons. The zero-order chi connectivity index (χ0) is 11.5. The van der Waals surface area contributed by atoms with E-state index >= 15 is 0 Å². The first kappa shape index (κ1) is 10.7. The molecule has 0 saturated heterocycles. The van der Waals surface area contributed by atoms with E-state index in [0.717, 1.165) is 0 Å². The molecule has 3 nitrogen and oxygen atoms in total. The number of nitrogens with two attached hydrogens (primary N) is 1. The van der Waals surface area contributed by atoms with E-state index in [4.69, 9.17) is 10.5 Å². The summed E-state index contributed by atoms with van der Waals surface area (Å²) < 4.78 is 5.15. The summed E-state index contributed by atoms with van der Waals surface area (Å²) in [6.07, 6.45) is 0. The van der Waals surface area contributed by atoms with Crippen LogP contribution in [0.1, 0.15) is 15.2 Å². The molecule has 2 aromatic rings. The van der Waals surface area contributed by atoms with E-state index in [2.05, 4.69) is 0 Å². The van der Waals surface area contributed by atoms with Crippen LogP contribution >= 0.6 is 11.3 Å². The summed E-state index contributed by atoms with van der Waals surface area (Å²) >= 11 is 1.40. The molecule has 0 amide bonds. The van der Waals surface area contributed by atoms with Gasteiger partial charge in [-0.1, -0.05) is 6.07 Å². The van der Waals surface area contributed by atoms with Crippen molar-refractivity contribution in [3.05, 3.63) is 46.2 Å². The van der Waals surface area contributed by atoms with Crippen LogP contribution in [0.3, 0.4) is 0 Å². The minimum Gasteiger partial charge on any atom is -0.496 e. The molecule has 0 aliphatic heterocycles. The van der Waals surface area contributed by atoms with E-state index in [9.17, 15) is 4.79 Å². The largest absolute Gasteiger partial charge is 0.496 e. The van der Waals surface area contributed by atoms with Crippen LogP contribution in [0.5, 0.6) is 5.75 Å². The predicted octanol–water partition coefficient (Wildman–Crippen LogP) is 2.57. The molecular formula is C12H11NO2S. The van der Waals surface area contributed by atoms with Gasteiger partial charge in [0, 0.05) is 5.69 Å². The Balaban J connectivity index is 2.47. The number of methoxy groups -OCH3 is 1. The Morgan fingerprint density at radius 1 is 1.38 bits per heavy atom. The molecule has 1 aromatic carbocycles. The summed E-state index contributed by atoms with van der Waals surface area (Å²) in [5.41, 5.74) is 6.73. The zero-order valence-corrected chi connectivity index (χ0v) is 9.58. The van der Waals surface area contributed by atoms with Crippen molar-refractivity contribution in [2.45, 2.75) is 0 Å². The molecule has 0 unspecified atom stereocenters. The minimum atomic E-state index is -0.0563. The number of thiophene rings is 1. The smallest absolute Gasteiger partial charge is 0.206 e. The second-order valence-corrected chi connectivity index (χ2v) is 4.21. The quantitative estimate of drug-likeness (QED) is 0.654. The maximum Gasteiger partial charge on any atom is 0.206 e. The Morgan fingerprint density at radius 3 is 2.81 bits per heavy atom. The summed E-state index contributed by atoms with van der Waals surface area (Å²) in [5.74, 6) is 0.492. The van der Waals surface area contributed by atoms with Gasteiger partial charge < -0.3 is 10.5 Å². The van der Waals surface area contributed by atoms with Gasteiger partial charge in [0.25, 0.3) is 0 Å². The summed E-state index contributed by atoms with van der Waals surface area (Å²) in [4.78, 5) is 12.8. The minimum absolute atomic E-state index is 0.0563. The van der Waals surface area contributed by atoms with Crippen LogP contribution in [0.4, 0.5) is 5.69 Å². The number of carbonyl (C=O) groups excluding carboxylic acids is 1. The Hall–Kier alpha value is -1.81. The number of ether oxygens (including phenoxy) is 1. The normalized spacial score (nSPS) is 10.1. The van der Waals surface area contributed by atoms with Crippen LogP contribution in [0.15, 0.2) is 35.7 Å². The highest BCUT2D eigenvalue weighted by atomic mass is 32.1. The third kappa shape index (κ3) is 1.92. The van der Waals surface area contributed by atoms with Crippen LogP contribution < -0.4 is 10.5 Å². The Labute approximate surface area is 97.5 Å². The monoisotopic (exact) mass is 233 g/mol. The molecule has 0 atom stereocenters. The first-order valence-electron chi connectivity index (χ1n) is 4.74. The maximum atomic E-state index is 12.1. The summed E-state index contributed by atoms with van der Waals surface area (Å²) in [7, 11) is 1.54. The van der Waals surface area contributed by atoms with Crippen molar-refractivity contribution in [3.8, 4) is 5.75 Å². The maximum absolute atomic E-state index is 12.1. The number of benzene rings is 1. The first-order valence-corrected chi connectivity index (χ1v) is 5.62. The SMILES string of the molecule is COc1ccc(N)cc1C(=O)c1cccs1. The number of carbonyl (C=O) groups is 1. The van der Waals surface area contributed by atoms with Crippen LogP contribution in [0.25, 0.3) is 0 Å². The molecule has 0 saturated carbocycles. The molecule has 2 rings (SSSR count). The molecule has 0 aliphatic carbocycles. The Morgan fingerprint density at radius 2 is 2.19 bits per heavy atom. The second kappa shape index (κ2) is 4.37. The molecule has 2 N–H and O–H groups in total. The number of nitrogen functional groups attached to an aromatic ring is 1. The molecule has 0 fully saturated rings. The van der Waals surface area contributed by atoms with Crippen LogP contribution in [0, 0.1) is 0 Å². The summed E-state index contributed by atoms with van der Waals surface area (Å²) in [5, 5.41) is 1.87. The first-order chi connectivity index (χ1) is 7.72. The van der Waals surface area contributed by atoms with Gasteiger partial charge in [-0.3, -0.25) is 4.79 Å². The van der Waals surface area contributed by atoms with Crippen molar-refractivity contribution >= 4 is 22.8 Å². The molecule has 0 radical (unpaired) electrons. The third-order valence-corrected chi connectivity index (χ3v) is 3.08. The van der Waals surface area contributed by atoms with E-state index < -0.39 is 0 Å². The van der Waals surface area contributed by atoms with Crippen molar-refractivity contribution < 1.29 is 9.53 Å². The lowest BCUT2D eigenvalue weighted by molar-refractivity contribution is 0.103. The van der Waals surface area contributed by atoms with Gasteiger partial charge in [0.2, 0.25) is 5.78 Å². The number of hydrogen-bond donors (Lipinski definition) is 1. The van der Waals surface area contributed by atoms with Crippen LogP contribution in [0.2, 0.25) is 0 Å². The highest BCUT2D eigenvalue weighted by molar-refractivity contribution is 7.12. The second-order valence-electron chi connectivity index (χ2n) is 3.27. The van der Waals surface area contributed by atoms with Crippen molar-refractivity contribution in [3.63, 3.8) is 0 Å². The van der Waals surface area contributed by atoms with Gasteiger partial charge in [-0.2, -0.15) is 0 Å². The van der Waals surface area contributed by atoms with E-state index in [1.165, 1.54) is 18.4 Å². The molecular weight excluding hydrogens is 222 g/mol. The van der Waals surface area contributed by atoms with E-state index in [1.54, 1.807) is 24.3 Å². The van der Waals surface area contributed by atoms with Crippen molar-refractivity contribution in [1.82, 2.24) is 0 Å². The van der Waals surface area contributed by atoms with Gasteiger partial charge in [-0.05, 0) is 29.6 Å². The Bertz CT molecular complexity index is 506. The lowest BCUT2D eigenvalue weighted by atomic mass is 10.1. The van der Waals surface area contributed by atoms with Crippen molar-refractivity contribution in [2.75, 3.05) is 12.8 Å². The standard InChI is InChI=1S/C12H11NO2S/c1-15-10-5-4-8(13)7-9(10)12(14)11-3-2-6-16-11/h2-7H,13H2,1H3. The number of ketones is 1. The fourth-order valence-corrected chi connectivity index (χ4v) is 2.12. The van der Waals surface area contributed by atoms with Crippen LogP contribution in [-0.4, -0.2) is 12.9 Å². The van der Waals surface area contributed by atoms with Gasteiger partial charge in [0.15, 0.2) is 0 Å². The third-order valence-electron chi connectivity index (χ3n) is 2.21. The number of anilines is 1. The molecule has 0 spiro atoms. The van der Waals surface area contributed by atoms with E-state index in [1.807, 2.05) is 11.4 Å². The van der Waals surface area contributed by atoms with Crippen molar-refractivity contribution in [1.29, 1.82) is 0 Å².